The molecule has 1 fully saturated rings. The number of methoxy groups -OCH3 is 1. The van der Waals surface area contributed by atoms with Gasteiger partial charge in [0, 0.05) is 19.2 Å². The summed E-state index contributed by atoms with van der Waals surface area (Å²) in [5, 5.41) is 10.0. The smallest absolute Gasteiger partial charge is 0.254 e. The van der Waals surface area contributed by atoms with Crippen LogP contribution < -0.4 is 0 Å². The minimum Gasteiger partial charge on any atom is -0.391 e. The van der Waals surface area contributed by atoms with Crippen LogP contribution in [0.2, 0.25) is 0 Å². The van der Waals surface area contributed by atoms with Gasteiger partial charge in [-0.15, -0.1) is 0 Å². The predicted octanol–water partition coefficient (Wildman–Crippen LogP) is 2.92. The van der Waals surface area contributed by atoms with Gasteiger partial charge >= 0.3 is 0 Å². The number of aliphatic hydroxyl groups is 1. The van der Waals surface area contributed by atoms with E-state index in [1.54, 1.807) is 36.3 Å². The van der Waals surface area contributed by atoms with E-state index in [9.17, 15) is 14.3 Å². The van der Waals surface area contributed by atoms with Crippen molar-refractivity contribution in [3.8, 4) is 0 Å². The third-order valence-corrected chi connectivity index (χ3v) is 4.26. The standard InChI is InChI=1S/C19H20FNO3/c1-24-12-13-4-2-6-15(8-13)19(23)21-11-17(22)10-18(21)14-5-3-7-16(20)9-14/h2-9,17-18,22H,10-12H2,1H3. The number of halogens is 1. The van der Waals surface area contributed by atoms with Crippen LogP contribution >= 0.6 is 0 Å². The molecule has 1 amide bonds. The van der Waals surface area contributed by atoms with Crippen molar-refractivity contribution < 1.29 is 19.0 Å². The maximum Gasteiger partial charge on any atom is 0.254 e. The van der Waals surface area contributed by atoms with Crippen LogP contribution in [-0.4, -0.2) is 35.7 Å². The fraction of sp³-hybridized carbons (Fsp3) is 0.316. The third kappa shape index (κ3) is 3.47. The molecule has 1 saturated heterocycles. The molecule has 2 atom stereocenters. The molecule has 0 spiro atoms. The number of carbonyl (C=O) groups is 1. The summed E-state index contributed by atoms with van der Waals surface area (Å²) in [5.41, 5.74) is 2.15. The summed E-state index contributed by atoms with van der Waals surface area (Å²) in [6.45, 7) is 0.672. The summed E-state index contributed by atoms with van der Waals surface area (Å²) in [7, 11) is 1.60. The van der Waals surface area contributed by atoms with Crippen molar-refractivity contribution >= 4 is 5.91 Å². The molecule has 2 aromatic carbocycles. The molecule has 3 rings (SSSR count). The molecule has 0 aliphatic carbocycles. The summed E-state index contributed by atoms with van der Waals surface area (Å²) in [6, 6.07) is 13.1. The number of benzene rings is 2. The number of hydrogen-bond acceptors (Lipinski definition) is 3. The molecular weight excluding hydrogens is 309 g/mol. The summed E-state index contributed by atoms with van der Waals surface area (Å²) in [5.74, 6) is -0.512. The molecule has 2 aromatic rings. The topological polar surface area (TPSA) is 49.8 Å². The van der Waals surface area contributed by atoms with Gasteiger partial charge in [0.2, 0.25) is 0 Å². The average molecular weight is 329 g/mol. The number of ether oxygens (including phenoxy) is 1. The normalized spacial score (nSPS) is 20.4. The first kappa shape index (κ1) is 16.6. The second kappa shape index (κ2) is 7.11. The van der Waals surface area contributed by atoms with Crippen LogP contribution in [0, 0.1) is 5.82 Å². The minimum absolute atomic E-state index is 0.168. The van der Waals surface area contributed by atoms with E-state index in [0.717, 1.165) is 5.56 Å². The maximum atomic E-state index is 13.5. The lowest BCUT2D eigenvalue weighted by atomic mass is 10.0. The number of amides is 1. The van der Waals surface area contributed by atoms with E-state index in [0.29, 0.717) is 24.2 Å². The molecule has 1 aliphatic heterocycles. The van der Waals surface area contributed by atoms with Gasteiger partial charge in [-0.25, -0.2) is 4.39 Å². The van der Waals surface area contributed by atoms with Crippen molar-refractivity contribution in [2.75, 3.05) is 13.7 Å². The van der Waals surface area contributed by atoms with Crippen LogP contribution in [0.25, 0.3) is 0 Å². The molecule has 1 N–H and O–H groups in total. The maximum absolute atomic E-state index is 13.5. The monoisotopic (exact) mass is 329 g/mol. The molecule has 1 aliphatic rings. The van der Waals surface area contributed by atoms with Crippen molar-refractivity contribution in [2.45, 2.75) is 25.2 Å². The van der Waals surface area contributed by atoms with Crippen molar-refractivity contribution in [1.82, 2.24) is 4.90 Å². The number of hydrogen-bond donors (Lipinski definition) is 1. The summed E-state index contributed by atoms with van der Waals surface area (Å²) in [4.78, 5) is 14.5. The Morgan fingerprint density at radius 3 is 2.83 bits per heavy atom. The Bertz CT molecular complexity index is 734. The van der Waals surface area contributed by atoms with Crippen LogP contribution in [-0.2, 0) is 11.3 Å². The average Bonchev–Trinajstić information content (AvgIpc) is 2.97. The Kier molecular flexibility index (Phi) is 4.92. The Morgan fingerprint density at radius 1 is 1.29 bits per heavy atom. The van der Waals surface area contributed by atoms with E-state index in [-0.39, 0.29) is 24.3 Å². The zero-order chi connectivity index (χ0) is 17.1. The molecular formula is C19H20FNO3. The largest absolute Gasteiger partial charge is 0.391 e. The summed E-state index contributed by atoms with van der Waals surface area (Å²) >= 11 is 0. The van der Waals surface area contributed by atoms with Crippen LogP contribution in [0.3, 0.4) is 0 Å². The van der Waals surface area contributed by atoms with E-state index in [2.05, 4.69) is 0 Å². The van der Waals surface area contributed by atoms with E-state index < -0.39 is 6.10 Å². The molecule has 24 heavy (non-hydrogen) atoms. The van der Waals surface area contributed by atoms with Gasteiger partial charge in [0.05, 0.1) is 18.8 Å². The van der Waals surface area contributed by atoms with Crippen molar-refractivity contribution in [1.29, 1.82) is 0 Å². The van der Waals surface area contributed by atoms with E-state index in [1.165, 1.54) is 12.1 Å². The number of carbonyl (C=O) groups excluding carboxylic acids is 1. The van der Waals surface area contributed by atoms with Crippen LogP contribution in [0.15, 0.2) is 48.5 Å². The number of likely N-dealkylation sites (tertiary alicyclic amines) is 1. The Morgan fingerprint density at radius 2 is 2.08 bits per heavy atom. The lowest BCUT2D eigenvalue weighted by Gasteiger charge is -2.25. The molecule has 126 valence electrons. The van der Waals surface area contributed by atoms with Gasteiger partial charge in [-0.05, 0) is 41.8 Å². The van der Waals surface area contributed by atoms with Crippen molar-refractivity contribution in [2.24, 2.45) is 0 Å². The second-order valence-corrected chi connectivity index (χ2v) is 6.05. The first-order valence-corrected chi connectivity index (χ1v) is 7.91. The quantitative estimate of drug-likeness (QED) is 0.938. The first-order valence-electron chi connectivity index (χ1n) is 7.91. The number of β-amino-alcohol motifs (C(OH)–C–C–N with tert-alkyl or cyclic N) is 1. The molecule has 5 heteroatoms. The minimum atomic E-state index is -0.607. The van der Waals surface area contributed by atoms with Gasteiger partial charge in [0.25, 0.3) is 5.91 Å². The van der Waals surface area contributed by atoms with Crippen LogP contribution in [0.1, 0.15) is 33.9 Å². The lowest BCUT2D eigenvalue weighted by Crippen LogP contribution is -2.31. The highest BCUT2D eigenvalue weighted by Crippen LogP contribution is 2.33. The highest BCUT2D eigenvalue weighted by Gasteiger charge is 2.35. The van der Waals surface area contributed by atoms with E-state index in [1.807, 2.05) is 12.1 Å². The third-order valence-electron chi connectivity index (χ3n) is 4.26. The fourth-order valence-corrected chi connectivity index (χ4v) is 3.19. The number of rotatable bonds is 4. The molecule has 0 saturated carbocycles. The predicted molar refractivity (Wildman–Crippen MR) is 88.0 cm³/mol. The zero-order valence-electron chi connectivity index (χ0n) is 13.5. The van der Waals surface area contributed by atoms with Gasteiger partial charge < -0.3 is 14.7 Å². The van der Waals surface area contributed by atoms with Crippen LogP contribution in [0.4, 0.5) is 4.39 Å². The van der Waals surface area contributed by atoms with E-state index >= 15 is 0 Å². The lowest BCUT2D eigenvalue weighted by molar-refractivity contribution is 0.0715. The van der Waals surface area contributed by atoms with E-state index in [4.69, 9.17) is 4.74 Å². The second-order valence-electron chi connectivity index (χ2n) is 6.05. The Labute approximate surface area is 140 Å². The zero-order valence-corrected chi connectivity index (χ0v) is 13.5. The summed E-state index contributed by atoms with van der Waals surface area (Å²) in [6.07, 6.45) is -0.197. The van der Waals surface area contributed by atoms with Gasteiger partial charge in [-0.1, -0.05) is 24.3 Å². The number of aliphatic hydroxyl groups excluding tert-OH is 1. The molecule has 2 unspecified atom stereocenters. The molecule has 4 nitrogen and oxygen atoms in total. The van der Waals surface area contributed by atoms with Gasteiger partial charge in [0.15, 0.2) is 0 Å². The molecule has 0 aromatic heterocycles. The SMILES string of the molecule is COCc1cccc(C(=O)N2CC(O)CC2c2cccc(F)c2)c1. The molecule has 0 bridgehead atoms. The van der Waals surface area contributed by atoms with Gasteiger partial charge in [-0.3, -0.25) is 4.79 Å². The molecule has 1 heterocycles. The highest BCUT2D eigenvalue weighted by atomic mass is 19.1. The highest BCUT2D eigenvalue weighted by molar-refractivity contribution is 5.95. The van der Waals surface area contributed by atoms with Gasteiger partial charge in [-0.2, -0.15) is 0 Å². The number of nitrogens with zero attached hydrogens (tertiary/aromatic N) is 1. The Hall–Kier alpha value is -2.24. The van der Waals surface area contributed by atoms with Crippen LogP contribution in [0.5, 0.6) is 0 Å². The van der Waals surface area contributed by atoms with Gasteiger partial charge in [0.1, 0.15) is 5.82 Å². The first-order chi connectivity index (χ1) is 11.6. The fourth-order valence-electron chi connectivity index (χ4n) is 3.19. The van der Waals surface area contributed by atoms with Crippen molar-refractivity contribution in [3.05, 3.63) is 71.0 Å². The molecule has 0 radical (unpaired) electrons. The Balaban J connectivity index is 1.88. The summed E-state index contributed by atoms with van der Waals surface area (Å²) < 4.78 is 18.6. The van der Waals surface area contributed by atoms with Crippen molar-refractivity contribution in [3.63, 3.8) is 0 Å².